The van der Waals surface area contributed by atoms with Crippen molar-refractivity contribution in [2.75, 3.05) is 23.3 Å². The van der Waals surface area contributed by atoms with Gasteiger partial charge < -0.3 is 20.5 Å². The number of nitrogens with zero attached hydrogens (tertiary/aromatic N) is 4. The van der Waals surface area contributed by atoms with E-state index in [0.29, 0.717) is 18.9 Å². The lowest BCUT2D eigenvalue weighted by Crippen LogP contribution is -2.25. The normalized spacial score (nSPS) is 13.3. The number of halogens is 3. The molecule has 0 spiro atoms. The zero-order valence-electron chi connectivity index (χ0n) is 19.2. The van der Waals surface area contributed by atoms with Crippen LogP contribution in [0.25, 0.3) is 16.9 Å². The Balaban J connectivity index is 1.53. The Kier molecular flexibility index (Phi) is 6.40. The van der Waals surface area contributed by atoms with Gasteiger partial charge in [0.2, 0.25) is 0 Å². The van der Waals surface area contributed by atoms with Gasteiger partial charge in [0.05, 0.1) is 10.7 Å². The number of anilines is 2. The van der Waals surface area contributed by atoms with Crippen molar-refractivity contribution in [3.05, 3.63) is 88.5 Å². The van der Waals surface area contributed by atoms with Crippen LogP contribution in [-0.4, -0.2) is 27.6 Å². The Labute approximate surface area is 207 Å². The molecule has 5 rings (SSSR count). The van der Waals surface area contributed by atoms with E-state index in [1.165, 1.54) is 0 Å². The molecule has 9 heteroatoms. The van der Waals surface area contributed by atoms with Crippen LogP contribution in [0, 0.1) is 18.6 Å². The lowest BCUT2D eigenvalue weighted by molar-refractivity contribution is 0.580. The zero-order valence-corrected chi connectivity index (χ0v) is 20.0. The summed E-state index contributed by atoms with van der Waals surface area (Å²) < 4.78 is 30.6. The van der Waals surface area contributed by atoms with Crippen LogP contribution in [0.15, 0.2) is 55.0 Å². The van der Waals surface area contributed by atoms with Gasteiger partial charge in [-0.1, -0.05) is 11.6 Å². The fraction of sp³-hybridized carbons (Fsp3) is 0.231. The SMILES string of the molecule is Cc1c(-c2ccc(-n3cccc3CN)nc2)cnc2c1N(Cc1c(F)ccc(F)c1Cl)CCCN2. The maximum absolute atomic E-state index is 14.6. The van der Waals surface area contributed by atoms with Gasteiger partial charge in [0.15, 0.2) is 0 Å². The van der Waals surface area contributed by atoms with Gasteiger partial charge in [-0.3, -0.25) is 0 Å². The van der Waals surface area contributed by atoms with Crippen molar-refractivity contribution in [2.24, 2.45) is 5.73 Å². The van der Waals surface area contributed by atoms with Crippen LogP contribution in [0.3, 0.4) is 0 Å². The maximum Gasteiger partial charge on any atom is 0.149 e. The summed E-state index contributed by atoms with van der Waals surface area (Å²) in [5, 5.41) is 3.17. The van der Waals surface area contributed by atoms with Crippen molar-refractivity contribution in [1.29, 1.82) is 0 Å². The minimum atomic E-state index is -0.633. The number of hydrogen-bond donors (Lipinski definition) is 2. The third-order valence-electron chi connectivity index (χ3n) is 6.36. The highest BCUT2D eigenvalue weighted by molar-refractivity contribution is 6.31. The Morgan fingerprint density at radius 3 is 2.69 bits per heavy atom. The fourth-order valence-electron chi connectivity index (χ4n) is 4.55. The molecule has 4 heterocycles. The molecule has 0 bridgehead atoms. The number of aromatic nitrogens is 3. The van der Waals surface area contributed by atoms with Gasteiger partial charge in [-0.2, -0.15) is 0 Å². The lowest BCUT2D eigenvalue weighted by Gasteiger charge is -2.27. The van der Waals surface area contributed by atoms with Gasteiger partial charge >= 0.3 is 0 Å². The summed E-state index contributed by atoms with van der Waals surface area (Å²) in [5.41, 5.74) is 10.6. The Hall–Kier alpha value is -3.49. The molecule has 6 nitrogen and oxygen atoms in total. The van der Waals surface area contributed by atoms with E-state index in [9.17, 15) is 8.78 Å². The van der Waals surface area contributed by atoms with E-state index in [1.54, 1.807) is 0 Å². The van der Waals surface area contributed by atoms with Gasteiger partial charge in [0.1, 0.15) is 23.3 Å². The highest BCUT2D eigenvalue weighted by atomic mass is 35.5. The Morgan fingerprint density at radius 2 is 1.91 bits per heavy atom. The number of rotatable bonds is 5. The van der Waals surface area contributed by atoms with Crippen molar-refractivity contribution in [3.8, 4) is 16.9 Å². The number of benzene rings is 1. The van der Waals surface area contributed by atoms with Crippen molar-refractivity contribution in [3.63, 3.8) is 0 Å². The predicted molar refractivity (Wildman–Crippen MR) is 135 cm³/mol. The predicted octanol–water partition coefficient (Wildman–Crippen LogP) is 5.46. The molecule has 35 heavy (non-hydrogen) atoms. The number of fused-ring (bicyclic) bond motifs is 1. The van der Waals surface area contributed by atoms with Crippen LogP contribution in [0.5, 0.6) is 0 Å². The first-order valence-electron chi connectivity index (χ1n) is 11.4. The molecule has 0 radical (unpaired) electrons. The molecule has 0 aliphatic carbocycles. The average Bonchev–Trinajstić information content (AvgIpc) is 3.25. The van der Waals surface area contributed by atoms with E-state index in [-0.39, 0.29) is 17.1 Å². The number of pyridine rings is 2. The first-order valence-corrected chi connectivity index (χ1v) is 11.8. The van der Waals surface area contributed by atoms with Gasteiger partial charge in [0, 0.05) is 67.2 Å². The summed E-state index contributed by atoms with van der Waals surface area (Å²) in [5.74, 6) is 0.324. The standard InChI is InChI=1S/C26H25ClF2N6/c1-16-19(17-5-8-23(32-13-17)35-11-2-4-18(35)12-30)14-33-26-25(16)34(10-3-9-31-26)15-20-21(28)6-7-22(29)24(20)27/h2,4-8,11,13-14H,3,9-10,12,15,30H2,1H3,(H,31,33). The van der Waals surface area contributed by atoms with Crippen LogP contribution in [0.4, 0.5) is 20.3 Å². The van der Waals surface area contributed by atoms with Gasteiger partial charge in [-0.25, -0.2) is 18.7 Å². The third kappa shape index (κ3) is 4.35. The molecule has 3 aromatic heterocycles. The maximum atomic E-state index is 14.6. The zero-order chi connectivity index (χ0) is 24.5. The number of nitrogens with one attached hydrogen (secondary N) is 1. The monoisotopic (exact) mass is 494 g/mol. The summed E-state index contributed by atoms with van der Waals surface area (Å²) in [4.78, 5) is 11.3. The molecule has 3 N–H and O–H groups in total. The van der Waals surface area contributed by atoms with E-state index < -0.39 is 11.6 Å². The molecule has 180 valence electrons. The van der Waals surface area contributed by atoms with Gasteiger partial charge in [0.25, 0.3) is 0 Å². The van der Waals surface area contributed by atoms with Crippen molar-refractivity contribution in [2.45, 2.75) is 26.4 Å². The second-order valence-corrected chi connectivity index (χ2v) is 8.87. The molecule has 0 saturated heterocycles. The molecular weight excluding hydrogens is 470 g/mol. The third-order valence-corrected chi connectivity index (χ3v) is 6.76. The highest BCUT2D eigenvalue weighted by Crippen LogP contribution is 2.38. The Morgan fingerprint density at radius 1 is 1.09 bits per heavy atom. The fourth-order valence-corrected chi connectivity index (χ4v) is 4.76. The summed E-state index contributed by atoms with van der Waals surface area (Å²) in [7, 11) is 0. The second kappa shape index (κ2) is 9.64. The largest absolute Gasteiger partial charge is 0.368 e. The molecule has 0 fully saturated rings. The first kappa shape index (κ1) is 23.3. The molecule has 1 aliphatic rings. The lowest BCUT2D eigenvalue weighted by atomic mass is 10.0. The molecule has 0 atom stereocenters. The number of nitrogens with two attached hydrogens (primary N) is 1. The topological polar surface area (TPSA) is 72.0 Å². The van der Waals surface area contributed by atoms with Crippen LogP contribution < -0.4 is 16.0 Å². The number of hydrogen-bond acceptors (Lipinski definition) is 5. The Bertz CT molecular complexity index is 1370. The van der Waals surface area contributed by atoms with E-state index in [2.05, 4.69) is 15.3 Å². The minimum Gasteiger partial charge on any atom is -0.368 e. The van der Waals surface area contributed by atoms with E-state index >= 15 is 0 Å². The van der Waals surface area contributed by atoms with Crippen LogP contribution >= 0.6 is 11.6 Å². The highest BCUT2D eigenvalue weighted by Gasteiger charge is 2.24. The van der Waals surface area contributed by atoms with E-state index in [0.717, 1.165) is 59.0 Å². The molecule has 0 unspecified atom stereocenters. The average molecular weight is 495 g/mol. The second-order valence-electron chi connectivity index (χ2n) is 8.50. The molecule has 1 aromatic carbocycles. The molecule has 0 saturated carbocycles. The quantitative estimate of drug-likeness (QED) is 0.361. The first-order chi connectivity index (χ1) is 17.0. The van der Waals surface area contributed by atoms with Crippen molar-refractivity contribution >= 4 is 23.1 Å². The van der Waals surface area contributed by atoms with E-state index in [4.69, 9.17) is 17.3 Å². The van der Waals surface area contributed by atoms with Gasteiger partial charge in [-0.15, -0.1) is 0 Å². The molecule has 0 amide bonds. The molecular formula is C26H25ClF2N6. The minimum absolute atomic E-state index is 0.135. The summed E-state index contributed by atoms with van der Waals surface area (Å²) in [6.07, 6.45) is 6.37. The van der Waals surface area contributed by atoms with Gasteiger partial charge in [-0.05, 0) is 55.3 Å². The summed E-state index contributed by atoms with van der Waals surface area (Å²) in [6.45, 7) is 3.93. The van der Waals surface area contributed by atoms with E-state index in [1.807, 2.05) is 59.2 Å². The molecule has 4 aromatic rings. The van der Waals surface area contributed by atoms with Crippen molar-refractivity contribution < 1.29 is 8.78 Å². The smallest absolute Gasteiger partial charge is 0.149 e. The molecule has 1 aliphatic heterocycles. The van der Waals surface area contributed by atoms with Crippen LogP contribution in [0.2, 0.25) is 5.02 Å². The summed E-state index contributed by atoms with van der Waals surface area (Å²) in [6, 6.07) is 10.0. The summed E-state index contributed by atoms with van der Waals surface area (Å²) >= 11 is 6.14. The van der Waals surface area contributed by atoms with Crippen molar-refractivity contribution in [1.82, 2.24) is 14.5 Å². The van der Waals surface area contributed by atoms with Crippen LogP contribution in [0.1, 0.15) is 23.2 Å². The van der Waals surface area contributed by atoms with Crippen LogP contribution in [-0.2, 0) is 13.1 Å².